The van der Waals surface area contributed by atoms with Crippen LogP contribution in [-0.4, -0.2) is 58.6 Å². The van der Waals surface area contributed by atoms with Gasteiger partial charge in [0, 0.05) is 13.6 Å². The van der Waals surface area contributed by atoms with Crippen LogP contribution in [-0.2, 0) is 25.7 Å². The Kier molecular flexibility index (Phi) is 6.12. The van der Waals surface area contributed by atoms with Gasteiger partial charge in [-0.25, -0.2) is 0 Å². The molecule has 3 fully saturated rings. The van der Waals surface area contributed by atoms with Crippen molar-refractivity contribution in [2.24, 2.45) is 17.8 Å². The number of aliphatic hydroxyl groups excluding tert-OH is 1. The van der Waals surface area contributed by atoms with E-state index in [0.29, 0.717) is 13.0 Å². The van der Waals surface area contributed by atoms with Crippen molar-refractivity contribution < 1.29 is 24.2 Å². The molecule has 3 unspecified atom stereocenters. The van der Waals surface area contributed by atoms with E-state index in [1.54, 1.807) is 7.05 Å². The molecule has 0 saturated carbocycles. The monoisotopic (exact) mass is 491 g/mol. The lowest BCUT2D eigenvalue weighted by molar-refractivity contribution is -0.151. The fourth-order valence-electron chi connectivity index (χ4n) is 6.78. The molecule has 3 amide bonds. The first-order chi connectivity index (χ1) is 17.3. The van der Waals surface area contributed by atoms with Crippen molar-refractivity contribution in [3.05, 3.63) is 71.8 Å². The number of hydrogen-bond donors (Lipinski definition) is 3. The molecule has 2 aromatic carbocycles. The molecule has 3 N–H and O–H groups in total. The van der Waals surface area contributed by atoms with E-state index in [0.717, 1.165) is 11.1 Å². The first-order valence-corrected chi connectivity index (χ1v) is 12.5. The Morgan fingerprint density at radius 1 is 1.11 bits per heavy atom. The van der Waals surface area contributed by atoms with Crippen LogP contribution in [0.1, 0.15) is 37.4 Å². The van der Waals surface area contributed by atoms with Gasteiger partial charge >= 0.3 is 0 Å². The maximum absolute atomic E-state index is 14.2. The number of hydrogen-bond acceptors (Lipinski definition) is 5. The maximum atomic E-state index is 14.2. The van der Waals surface area contributed by atoms with E-state index in [4.69, 9.17) is 4.74 Å². The molecule has 0 radical (unpaired) electrons. The van der Waals surface area contributed by atoms with Gasteiger partial charge in [0.05, 0.1) is 30.1 Å². The second-order valence-electron chi connectivity index (χ2n) is 10.4. The van der Waals surface area contributed by atoms with Gasteiger partial charge in [0.25, 0.3) is 0 Å². The highest BCUT2D eigenvalue weighted by molar-refractivity contribution is 5.99. The summed E-state index contributed by atoms with van der Waals surface area (Å²) in [5.74, 6) is -2.54. The standard InChI is InChI=1S/C28H33N3O5/c1-17-14-28-22(21(24(33)29-3)27(17,2)36-28)26(35)31(20(16-32)19-12-8-5-9-13-19)23(28)25(34)30-15-18-10-6-4-7-11-18/h4-13,17,20-23,32H,14-16H2,1-3H3,(H,29,33)(H,30,34)/t17?,20-,21+,22+,23?,27-,28?/m1/s1. The van der Waals surface area contributed by atoms with Gasteiger partial charge in [-0.05, 0) is 30.4 Å². The smallest absolute Gasteiger partial charge is 0.246 e. The van der Waals surface area contributed by atoms with Crippen LogP contribution in [0.15, 0.2) is 60.7 Å². The lowest BCUT2D eigenvalue weighted by Gasteiger charge is -2.37. The van der Waals surface area contributed by atoms with Crippen molar-refractivity contribution >= 4 is 17.7 Å². The van der Waals surface area contributed by atoms with Gasteiger partial charge in [-0.1, -0.05) is 67.6 Å². The summed E-state index contributed by atoms with van der Waals surface area (Å²) in [6.07, 6.45) is 0.472. The number of aliphatic hydroxyl groups is 1. The molecule has 3 saturated heterocycles. The normalized spacial score (nSPS) is 33.3. The molecule has 1 spiro atoms. The quantitative estimate of drug-likeness (QED) is 0.548. The van der Waals surface area contributed by atoms with Gasteiger partial charge in [0.15, 0.2) is 0 Å². The van der Waals surface area contributed by atoms with E-state index >= 15 is 0 Å². The third-order valence-electron chi connectivity index (χ3n) is 8.53. The van der Waals surface area contributed by atoms with Crippen molar-refractivity contribution in [1.29, 1.82) is 0 Å². The minimum atomic E-state index is -1.16. The summed E-state index contributed by atoms with van der Waals surface area (Å²) < 4.78 is 6.67. The minimum Gasteiger partial charge on any atom is -0.394 e. The Morgan fingerprint density at radius 2 is 1.75 bits per heavy atom. The van der Waals surface area contributed by atoms with Crippen LogP contribution in [0.5, 0.6) is 0 Å². The number of benzene rings is 2. The first-order valence-electron chi connectivity index (χ1n) is 12.5. The van der Waals surface area contributed by atoms with E-state index in [9.17, 15) is 19.5 Å². The van der Waals surface area contributed by atoms with E-state index in [2.05, 4.69) is 10.6 Å². The molecule has 5 rings (SSSR count). The lowest BCUT2D eigenvalue weighted by atomic mass is 9.62. The third kappa shape index (κ3) is 3.46. The van der Waals surface area contributed by atoms with Gasteiger partial charge in [-0.3, -0.25) is 14.4 Å². The van der Waals surface area contributed by atoms with Crippen LogP contribution in [0.2, 0.25) is 0 Å². The topological polar surface area (TPSA) is 108 Å². The molecule has 8 heteroatoms. The molecule has 0 aliphatic carbocycles. The van der Waals surface area contributed by atoms with Gasteiger partial charge in [-0.15, -0.1) is 0 Å². The van der Waals surface area contributed by atoms with E-state index in [-0.39, 0.29) is 30.2 Å². The summed E-state index contributed by atoms with van der Waals surface area (Å²) in [5.41, 5.74) is -0.384. The molecule has 7 atom stereocenters. The second kappa shape index (κ2) is 9.01. The van der Waals surface area contributed by atoms with Crippen LogP contribution in [0.3, 0.4) is 0 Å². The summed E-state index contributed by atoms with van der Waals surface area (Å²) in [4.78, 5) is 42.7. The highest BCUT2D eigenvalue weighted by Gasteiger charge is 2.80. The molecular formula is C28H33N3O5. The molecule has 2 aromatic rings. The molecule has 8 nitrogen and oxygen atoms in total. The van der Waals surface area contributed by atoms with Gasteiger partial charge in [0.1, 0.15) is 11.6 Å². The summed E-state index contributed by atoms with van der Waals surface area (Å²) in [5, 5.41) is 16.2. The number of nitrogens with zero attached hydrogens (tertiary/aromatic N) is 1. The molecular weight excluding hydrogens is 458 g/mol. The second-order valence-corrected chi connectivity index (χ2v) is 10.4. The SMILES string of the molecule is CNC(=O)[C@@H]1[C@H]2C(=O)N([C@H](CO)c3ccccc3)C(C(=O)NCc3ccccc3)C23CC(C)[C@@]1(C)O3. The average Bonchev–Trinajstić information content (AvgIpc) is 3.41. The fraction of sp³-hybridized carbons (Fsp3) is 0.464. The van der Waals surface area contributed by atoms with Crippen LogP contribution in [0.25, 0.3) is 0 Å². The molecule has 3 heterocycles. The Morgan fingerprint density at radius 3 is 2.36 bits per heavy atom. The number of rotatable bonds is 7. The minimum absolute atomic E-state index is 0.0440. The largest absolute Gasteiger partial charge is 0.394 e. The van der Waals surface area contributed by atoms with E-state index < -0.39 is 35.1 Å². The van der Waals surface area contributed by atoms with Crippen molar-refractivity contribution in [3.8, 4) is 0 Å². The molecule has 3 aliphatic heterocycles. The summed E-state index contributed by atoms with van der Waals surface area (Å²) in [7, 11) is 1.55. The lowest BCUT2D eigenvalue weighted by Crippen LogP contribution is -2.56. The number of carbonyl (C=O) groups excluding carboxylic acids is 3. The van der Waals surface area contributed by atoms with Crippen LogP contribution in [0, 0.1) is 17.8 Å². The van der Waals surface area contributed by atoms with Gasteiger partial charge < -0.3 is 25.4 Å². The van der Waals surface area contributed by atoms with E-state index in [1.807, 2.05) is 74.5 Å². The Labute approximate surface area is 211 Å². The Hall–Kier alpha value is -3.23. The summed E-state index contributed by atoms with van der Waals surface area (Å²) in [6.45, 7) is 3.81. The number of amides is 3. The van der Waals surface area contributed by atoms with Crippen LogP contribution < -0.4 is 10.6 Å². The van der Waals surface area contributed by atoms with E-state index in [1.165, 1.54) is 4.90 Å². The molecule has 190 valence electrons. The van der Waals surface area contributed by atoms with Crippen LogP contribution >= 0.6 is 0 Å². The van der Waals surface area contributed by atoms with Crippen LogP contribution in [0.4, 0.5) is 0 Å². The zero-order chi connectivity index (χ0) is 25.7. The Balaban J connectivity index is 1.59. The number of ether oxygens (including phenoxy) is 1. The van der Waals surface area contributed by atoms with Gasteiger partial charge in [-0.2, -0.15) is 0 Å². The predicted octanol–water partition coefficient (Wildman–Crippen LogP) is 1.79. The third-order valence-corrected chi connectivity index (χ3v) is 8.53. The van der Waals surface area contributed by atoms with Crippen molar-refractivity contribution in [2.45, 2.75) is 50.1 Å². The maximum Gasteiger partial charge on any atom is 0.246 e. The number of carbonyl (C=O) groups is 3. The number of nitrogens with one attached hydrogen (secondary N) is 2. The zero-order valence-corrected chi connectivity index (χ0v) is 20.8. The van der Waals surface area contributed by atoms with Crippen molar-refractivity contribution in [2.75, 3.05) is 13.7 Å². The summed E-state index contributed by atoms with van der Waals surface area (Å²) in [6, 6.07) is 17.0. The van der Waals surface area contributed by atoms with Crippen molar-refractivity contribution in [1.82, 2.24) is 15.5 Å². The Bertz CT molecular complexity index is 1160. The zero-order valence-electron chi connectivity index (χ0n) is 20.8. The number of fused-ring (bicyclic) bond motifs is 1. The molecule has 0 aromatic heterocycles. The molecule has 3 aliphatic rings. The summed E-state index contributed by atoms with van der Waals surface area (Å²) >= 11 is 0. The molecule has 36 heavy (non-hydrogen) atoms. The first kappa shape index (κ1) is 24.5. The van der Waals surface area contributed by atoms with Crippen molar-refractivity contribution in [3.63, 3.8) is 0 Å². The highest BCUT2D eigenvalue weighted by Crippen LogP contribution is 2.65. The molecule has 2 bridgehead atoms. The predicted molar refractivity (Wildman–Crippen MR) is 132 cm³/mol. The van der Waals surface area contributed by atoms with Gasteiger partial charge in [0.2, 0.25) is 17.7 Å². The highest BCUT2D eigenvalue weighted by atomic mass is 16.5. The average molecular weight is 492 g/mol. The fourth-order valence-corrected chi connectivity index (χ4v) is 6.78. The number of likely N-dealkylation sites (tertiary alicyclic amines) is 1.